The van der Waals surface area contributed by atoms with E-state index >= 15 is 0 Å². The number of carbonyl (C=O) groups is 1. The van der Waals surface area contributed by atoms with Gasteiger partial charge in [-0.3, -0.25) is 4.79 Å². The topological polar surface area (TPSA) is 81.7 Å². The van der Waals surface area contributed by atoms with E-state index in [0.717, 1.165) is 12.1 Å². The predicted octanol–water partition coefficient (Wildman–Crippen LogP) is 2.36. The lowest BCUT2D eigenvalue weighted by Gasteiger charge is -2.07. The van der Waals surface area contributed by atoms with Crippen molar-refractivity contribution in [3.8, 4) is 11.5 Å². The molecular weight excluding hydrogens is 337 g/mol. The van der Waals surface area contributed by atoms with Crippen molar-refractivity contribution >= 4 is 21.4 Å². The summed E-state index contributed by atoms with van der Waals surface area (Å²) in [6.07, 6.45) is -0.214. The second-order valence-corrected chi connectivity index (χ2v) is 7.25. The number of hydrogen-bond acceptors (Lipinski definition) is 5. The van der Waals surface area contributed by atoms with Crippen LogP contribution < -0.4 is 14.8 Å². The number of fused-ring (bicyclic) bond motifs is 1. The fourth-order valence-electron chi connectivity index (χ4n) is 2.18. The summed E-state index contributed by atoms with van der Waals surface area (Å²) in [7, 11) is -3.65. The van der Waals surface area contributed by atoms with Crippen molar-refractivity contribution in [1.82, 2.24) is 0 Å². The Hall–Kier alpha value is -2.61. The van der Waals surface area contributed by atoms with Crippen LogP contribution in [0, 0.1) is 5.82 Å². The molecule has 0 spiro atoms. The molecule has 2 aromatic carbocycles. The molecule has 6 nitrogen and oxygen atoms in total. The van der Waals surface area contributed by atoms with Gasteiger partial charge < -0.3 is 14.8 Å². The smallest absolute Gasteiger partial charge is 0.231 e. The zero-order valence-corrected chi connectivity index (χ0v) is 13.3. The number of anilines is 1. The molecule has 3 rings (SSSR count). The predicted molar refractivity (Wildman–Crippen MR) is 84.3 cm³/mol. The van der Waals surface area contributed by atoms with Gasteiger partial charge >= 0.3 is 0 Å². The summed E-state index contributed by atoms with van der Waals surface area (Å²) in [4.78, 5) is 11.9. The number of halogens is 1. The van der Waals surface area contributed by atoms with Crippen molar-refractivity contribution in [3.63, 3.8) is 0 Å². The summed E-state index contributed by atoms with van der Waals surface area (Å²) < 4.78 is 47.4. The molecule has 0 aromatic heterocycles. The van der Waals surface area contributed by atoms with E-state index in [1.807, 2.05) is 0 Å². The van der Waals surface area contributed by atoms with Crippen LogP contribution in [0.15, 0.2) is 47.4 Å². The molecular formula is C16H14FNO5S. The summed E-state index contributed by atoms with van der Waals surface area (Å²) in [5.74, 6) is -0.220. The Kier molecular flexibility index (Phi) is 4.39. The normalized spacial score (nSPS) is 12.9. The summed E-state index contributed by atoms with van der Waals surface area (Å²) in [6, 6.07) is 9.40. The maximum absolute atomic E-state index is 12.8. The minimum Gasteiger partial charge on any atom is -0.454 e. The molecule has 8 heteroatoms. The third-order valence-electron chi connectivity index (χ3n) is 3.43. The molecule has 0 bridgehead atoms. The Labute approximate surface area is 138 Å². The van der Waals surface area contributed by atoms with Gasteiger partial charge in [-0.1, -0.05) is 0 Å². The van der Waals surface area contributed by atoms with Crippen LogP contribution in [-0.2, 0) is 14.6 Å². The van der Waals surface area contributed by atoms with Crippen LogP contribution in [-0.4, -0.2) is 26.9 Å². The van der Waals surface area contributed by atoms with Gasteiger partial charge in [0, 0.05) is 18.2 Å². The lowest BCUT2D eigenvalue weighted by molar-refractivity contribution is -0.115. The van der Waals surface area contributed by atoms with E-state index in [2.05, 4.69) is 5.32 Å². The van der Waals surface area contributed by atoms with Crippen LogP contribution in [0.3, 0.4) is 0 Å². The SMILES string of the molecule is O=C(CCS(=O)(=O)c1ccc(F)cc1)Nc1ccc2c(c1)OCO2. The zero-order valence-electron chi connectivity index (χ0n) is 12.5. The Balaban J connectivity index is 1.60. The first-order chi connectivity index (χ1) is 11.4. The first-order valence-electron chi connectivity index (χ1n) is 7.12. The van der Waals surface area contributed by atoms with Gasteiger partial charge in [-0.15, -0.1) is 0 Å². The van der Waals surface area contributed by atoms with Crippen LogP contribution in [0.5, 0.6) is 11.5 Å². The van der Waals surface area contributed by atoms with Crippen LogP contribution >= 0.6 is 0 Å². The van der Waals surface area contributed by atoms with Crippen LogP contribution in [0.25, 0.3) is 0 Å². The Morgan fingerprint density at radius 2 is 1.79 bits per heavy atom. The number of ether oxygens (including phenoxy) is 2. The highest BCUT2D eigenvalue weighted by molar-refractivity contribution is 7.91. The summed E-state index contributed by atoms with van der Waals surface area (Å²) in [5.41, 5.74) is 0.489. The largest absolute Gasteiger partial charge is 0.454 e. The Morgan fingerprint density at radius 1 is 1.08 bits per heavy atom. The lowest BCUT2D eigenvalue weighted by atomic mass is 10.2. The Morgan fingerprint density at radius 3 is 2.54 bits per heavy atom. The lowest BCUT2D eigenvalue weighted by Crippen LogP contribution is -2.17. The summed E-state index contributed by atoms with van der Waals surface area (Å²) in [5, 5.41) is 2.61. The quantitative estimate of drug-likeness (QED) is 0.837. The third-order valence-corrected chi connectivity index (χ3v) is 5.16. The van der Waals surface area contributed by atoms with Crippen molar-refractivity contribution in [1.29, 1.82) is 0 Å². The number of hydrogen-bond donors (Lipinski definition) is 1. The molecule has 0 radical (unpaired) electrons. The second kappa shape index (κ2) is 6.48. The maximum atomic E-state index is 12.8. The molecule has 2 aromatic rings. The van der Waals surface area contributed by atoms with Crippen molar-refractivity contribution in [2.45, 2.75) is 11.3 Å². The molecule has 1 aliphatic heterocycles. The van der Waals surface area contributed by atoms with E-state index in [0.29, 0.717) is 17.2 Å². The number of benzene rings is 2. The molecule has 0 aliphatic carbocycles. The monoisotopic (exact) mass is 351 g/mol. The highest BCUT2D eigenvalue weighted by Crippen LogP contribution is 2.34. The van der Waals surface area contributed by atoms with Gasteiger partial charge in [0.15, 0.2) is 21.3 Å². The molecule has 1 N–H and O–H groups in total. The maximum Gasteiger partial charge on any atom is 0.231 e. The van der Waals surface area contributed by atoms with Gasteiger partial charge in [0.2, 0.25) is 12.7 Å². The van der Waals surface area contributed by atoms with Crippen molar-refractivity contribution in [2.24, 2.45) is 0 Å². The summed E-state index contributed by atoms with van der Waals surface area (Å²) in [6.45, 7) is 0.128. The van der Waals surface area contributed by atoms with Gasteiger partial charge in [-0.2, -0.15) is 0 Å². The highest BCUT2D eigenvalue weighted by atomic mass is 32.2. The average molecular weight is 351 g/mol. The molecule has 0 saturated carbocycles. The van der Waals surface area contributed by atoms with E-state index in [9.17, 15) is 17.6 Å². The van der Waals surface area contributed by atoms with Gasteiger partial charge in [-0.25, -0.2) is 12.8 Å². The third kappa shape index (κ3) is 3.65. The summed E-state index contributed by atoms with van der Waals surface area (Å²) >= 11 is 0. The van der Waals surface area contributed by atoms with Gasteiger partial charge in [0.25, 0.3) is 0 Å². The highest BCUT2D eigenvalue weighted by Gasteiger charge is 2.18. The number of nitrogens with one attached hydrogen (secondary N) is 1. The number of rotatable bonds is 5. The standard InChI is InChI=1S/C16H14FNO5S/c17-11-1-4-13(5-2-11)24(20,21)8-7-16(19)18-12-3-6-14-15(9-12)23-10-22-14/h1-6,9H,7-8,10H2,(H,18,19). The van der Waals surface area contributed by atoms with Gasteiger partial charge in [0.05, 0.1) is 10.6 Å². The van der Waals surface area contributed by atoms with E-state index in [1.165, 1.54) is 12.1 Å². The Bertz CT molecular complexity index is 865. The van der Waals surface area contributed by atoms with Crippen LogP contribution in [0.2, 0.25) is 0 Å². The molecule has 0 unspecified atom stereocenters. The van der Waals surface area contributed by atoms with Crippen molar-refractivity contribution in [2.75, 3.05) is 17.9 Å². The molecule has 24 heavy (non-hydrogen) atoms. The zero-order chi connectivity index (χ0) is 17.2. The fourth-order valence-corrected chi connectivity index (χ4v) is 3.43. The molecule has 1 heterocycles. The van der Waals surface area contributed by atoms with E-state index in [1.54, 1.807) is 18.2 Å². The van der Waals surface area contributed by atoms with Crippen LogP contribution in [0.1, 0.15) is 6.42 Å². The van der Waals surface area contributed by atoms with E-state index < -0.39 is 21.6 Å². The molecule has 0 atom stereocenters. The first-order valence-corrected chi connectivity index (χ1v) is 8.77. The molecule has 0 saturated heterocycles. The molecule has 1 aliphatic rings. The van der Waals surface area contributed by atoms with Crippen molar-refractivity contribution in [3.05, 3.63) is 48.3 Å². The number of amides is 1. The fraction of sp³-hybridized carbons (Fsp3) is 0.188. The van der Waals surface area contributed by atoms with E-state index in [-0.39, 0.29) is 23.9 Å². The average Bonchev–Trinajstić information content (AvgIpc) is 3.01. The second-order valence-electron chi connectivity index (χ2n) is 5.14. The minimum atomic E-state index is -3.65. The molecule has 0 fully saturated rings. The molecule has 126 valence electrons. The minimum absolute atomic E-state index is 0.0141. The van der Waals surface area contributed by atoms with Crippen molar-refractivity contribution < 1.29 is 27.1 Å². The van der Waals surface area contributed by atoms with E-state index in [4.69, 9.17) is 9.47 Å². The van der Waals surface area contributed by atoms with Crippen LogP contribution in [0.4, 0.5) is 10.1 Å². The first kappa shape index (κ1) is 16.3. The number of carbonyl (C=O) groups excluding carboxylic acids is 1. The van der Waals surface area contributed by atoms with Gasteiger partial charge in [-0.05, 0) is 36.4 Å². The molecule has 1 amide bonds. The number of sulfone groups is 1. The van der Waals surface area contributed by atoms with Gasteiger partial charge in [0.1, 0.15) is 5.82 Å².